The van der Waals surface area contributed by atoms with Crippen molar-refractivity contribution in [1.29, 1.82) is 0 Å². The number of aliphatic hydroxyl groups excluding tert-OH is 1. The number of aliphatic hydroxyl groups is 1. The molecule has 6 nitrogen and oxygen atoms in total. The summed E-state index contributed by atoms with van der Waals surface area (Å²) >= 11 is 0. The van der Waals surface area contributed by atoms with E-state index in [1.807, 2.05) is 66.1 Å². The number of rotatable bonds is 8. The monoisotopic (exact) mass is 415 g/mol. The second kappa shape index (κ2) is 9.45. The highest BCUT2D eigenvalue weighted by atomic mass is 16.5. The van der Waals surface area contributed by atoms with E-state index in [1.54, 1.807) is 24.3 Å². The van der Waals surface area contributed by atoms with Crippen LogP contribution in [-0.2, 0) is 13.0 Å². The van der Waals surface area contributed by atoms with Gasteiger partial charge in [-0.05, 0) is 36.4 Å². The van der Waals surface area contributed by atoms with E-state index in [1.165, 1.54) is 0 Å². The number of aryl methyl sites for hydroxylation is 1. The lowest BCUT2D eigenvalue weighted by molar-refractivity contribution is 0.0901. The fourth-order valence-electron chi connectivity index (χ4n) is 3.55. The fraction of sp³-hybridized carbons (Fsp3) is 0.200. The second-order valence-electron chi connectivity index (χ2n) is 7.26. The third kappa shape index (κ3) is 4.75. The van der Waals surface area contributed by atoms with E-state index in [-0.39, 0.29) is 12.5 Å². The maximum Gasteiger partial charge on any atom is 0.259 e. The predicted octanol–water partition coefficient (Wildman–Crippen LogP) is 4.29. The third-order valence-electron chi connectivity index (χ3n) is 5.04. The molecule has 1 atom stereocenters. The molecular weight excluding hydrogens is 390 g/mol. The van der Waals surface area contributed by atoms with Gasteiger partial charge in [0.2, 0.25) is 0 Å². The highest BCUT2D eigenvalue weighted by Crippen LogP contribution is 2.21. The van der Waals surface area contributed by atoms with Crippen LogP contribution in [0.25, 0.3) is 11.0 Å². The number of anilines is 1. The molecule has 4 aromatic rings. The molecule has 2 N–H and O–H groups in total. The van der Waals surface area contributed by atoms with Crippen molar-refractivity contribution in [2.24, 2.45) is 0 Å². The maximum absolute atomic E-state index is 12.7. The van der Waals surface area contributed by atoms with Crippen molar-refractivity contribution in [1.82, 2.24) is 9.55 Å². The molecule has 0 bridgehead atoms. The van der Waals surface area contributed by atoms with Gasteiger partial charge in [0.05, 0.1) is 23.1 Å². The number of nitrogens with zero attached hydrogens (tertiary/aromatic N) is 2. The molecule has 3 aromatic carbocycles. The van der Waals surface area contributed by atoms with Crippen LogP contribution in [-0.4, -0.2) is 33.3 Å². The van der Waals surface area contributed by atoms with E-state index in [9.17, 15) is 9.90 Å². The standard InChI is InChI=1S/C25H25N3O3/c1-2-24-27-21-13-7-8-14-22(21)28(24)16-19(29)17-31-23-15-9-6-12-20(23)25(30)26-18-10-4-3-5-11-18/h3-15,19,29H,2,16-17H2,1H3,(H,26,30)/t19-/m0/s1. The summed E-state index contributed by atoms with van der Waals surface area (Å²) in [4.78, 5) is 17.3. The number of hydrogen-bond donors (Lipinski definition) is 2. The van der Waals surface area contributed by atoms with Crippen molar-refractivity contribution < 1.29 is 14.6 Å². The Morgan fingerprint density at radius 2 is 1.74 bits per heavy atom. The van der Waals surface area contributed by atoms with Gasteiger partial charge in [-0.25, -0.2) is 4.98 Å². The molecule has 0 fully saturated rings. The smallest absolute Gasteiger partial charge is 0.259 e. The molecule has 0 aliphatic heterocycles. The van der Waals surface area contributed by atoms with Crippen LogP contribution in [0.1, 0.15) is 23.1 Å². The lowest BCUT2D eigenvalue weighted by Gasteiger charge is -2.17. The summed E-state index contributed by atoms with van der Waals surface area (Å²) in [7, 11) is 0. The number of ether oxygens (including phenoxy) is 1. The van der Waals surface area contributed by atoms with E-state index in [0.717, 1.165) is 23.3 Å². The zero-order valence-corrected chi connectivity index (χ0v) is 17.4. The number of amides is 1. The van der Waals surface area contributed by atoms with E-state index in [0.29, 0.717) is 23.5 Å². The Bertz CT molecular complexity index is 1170. The van der Waals surface area contributed by atoms with Gasteiger partial charge in [0.15, 0.2) is 0 Å². The van der Waals surface area contributed by atoms with Crippen LogP contribution in [0.5, 0.6) is 5.75 Å². The number of para-hydroxylation sites is 4. The van der Waals surface area contributed by atoms with E-state index in [4.69, 9.17) is 4.74 Å². The zero-order valence-electron chi connectivity index (χ0n) is 17.4. The van der Waals surface area contributed by atoms with Gasteiger partial charge in [-0.15, -0.1) is 0 Å². The average Bonchev–Trinajstić information content (AvgIpc) is 3.16. The van der Waals surface area contributed by atoms with Crippen molar-refractivity contribution in [3.05, 3.63) is 90.3 Å². The Balaban J connectivity index is 1.45. The molecule has 0 unspecified atom stereocenters. The maximum atomic E-state index is 12.7. The van der Waals surface area contributed by atoms with Crippen molar-refractivity contribution in [3.63, 3.8) is 0 Å². The SMILES string of the molecule is CCc1nc2ccccc2n1C[C@H](O)COc1ccccc1C(=O)Nc1ccccc1. The lowest BCUT2D eigenvalue weighted by Crippen LogP contribution is -2.25. The number of carbonyl (C=O) groups excluding carboxylic acids is 1. The Hall–Kier alpha value is -3.64. The fourth-order valence-corrected chi connectivity index (χ4v) is 3.55. The summed E-state index contributed by atoms with van der Waals surface area (Å²) in [5.74, 6) is 1.09. The summed E-state index contributed by atoms with van der Waals surface area (Å²) in [5.41, 5.74) is 3.03. The number of imidazole rings is 1. The molecule has 0 saturated carbocycles. The minimum absolute atomic E-state index is 0.0608. The summed E-state index contributed by atoms with van der Waals surface area (Å²) in [5, 5.41) is 13.5. The highest BCUT2D eigenvalue weighted by molar-refractivity contribution is 6.06. The Morgan fingerprint density at radius 3 is 2.55 bits per heavy atom. The van der Waals surface area contributed by atoms with Crippen molar-refractivity contribution in [2.45, 2.75) is 26.0 Å². The van der Waals surface area contributed by atoms with Crippen LogP contribution in [0.15, 0.2) is 78.9 Å². The molecule has 1 aromatic heterocycles. The van der Waals surface area contributed by atoms with Gasteiger partial charge in [-0.2, -0.15) is 0 Å². The molecule has 31 heavy (non-hydrogen) atoms. The topological polar surface area (TPSA) is 76.4 Å². The number of benzene rings is 3. The van der Waals surface area contributed by atoms with Crippen LogP contribution < -0.4 is 10.1 Å². The van der Waals surface area contributed by atoms with Crippen molar-refractivity contribution >= 4 is 22.6 Å². The van der Waals surface area contributed by atoms with Crippen LogP contribution >= 0.6 is 0 Å². The van der Waals surface area contributed by atoms with Crippen molar-refractivity contribution in [3.8, 4) is 5.75 Å². The van der Waals surface area contributed by atoms with Gasteiger partial charge >= 0.3 is 0 Å². The van der Waals surface area contributed by atoms with E-state index in [2.05, 4.69) is 10.3 Å². The average molecular weight is 415 g/mol. The van der Waals surface area contributed by atoms with Crippen LogP contribution in [0.4, 0.5) is 5.69 Å². The quantitative estimate of drug-likeness (QED) is 0.450. The molecule has 1 amide bonds. The molecule has 0 saturated heterocycles. The molecule has 0 radical (unpaired) electrons. The van der Waals surface area contributed by atoms with Gasteiger partial charge in [0.25, 0.3) is 5.91 Å². The van der Waals surface area contributed by atoms with Crippen molar-refractivity contribution in [2.75, 3.05) is 11.9 Å². The van der Waals surface area contributed by atoms with E-state index < -0.39 is 6.10 Å². The second-order valence-corrected chi connectivity index (χ2v) is 7.26. The minimum Gasteiger partial charge on any atom is -0.490 e. The first-order valence-electron chi connectivity index (χ1n) is 10.4. The molecule has 158 valence electrons. The van der Waals surface area contributed by atoms with Crippen LogP contribution in [0, 0.1) is 0 Å². The summed E-state index contributed by atoms with van der Waals surface area (Å²) in [6, 6.07) is 24.2. The number of fused-ring (bicyclic) bond motifs is 1. The largest absolute Gasteiger partial charge is 0.490 e. The van der Waals surface area contributed by atoms with Crippen LogP contribution in [0.3, 0.4) is 0 Å². The summed E-state index contributed by atoms with van der Waals surface area (Å²) in [6.07, 6.45) is 0.0123. The first-order valence-corrected chi connectivity index (χ1v) is 10.4. The zero-order chi connectivity index (χ0) is 21.6. The molecular formula is C25H25N3O3. The lowest BCUT2D eigenvalue weighted by atomic mass is 10.2. The Morgan fingerprint density at radius 1 is 1.03 bits per heavy atom. The first-order chi connectivity index (χ1) is 15.2. The van der Waals surface area contributed by atoms with Gasteiger partial charge < -0.3 is 19.7 Å². The summed E-state index contributed by atoms with van der Waals surface area (Å²) < 4.78 is 7.87. The minimum atomic E-state index is -0.756. The first kappa shape index (κ1) is 20.6. The van der Waals surface area contributed by atoms with Gasteiger partial charge in [-0.3, -0.25) is 4.79 Å². The van der Waals surface area contributed by atoms with Gasteiger partial charge in [-0.1, -0.05) is 49.4 Å². The molecule has 1 heterocycles. The van der Waals surface area contributed by atoms with Gasteiger partial charge in [0.1, 0.15) is 24.3 Å². The Kier molecular flexibility index (Phi) is 6.29. The molecule has 0 aliphatic carbocycles. The highest BCUT2D eigenvalue weighted by Gasteiger charge is 2.16. The normalized spacial score (nSPS) is 11.9. The van der Waals surface area contributed by atoms with Crippen LogP contribution in [0.2, 0.25) is 0 Å². The molecule has 6 heteroatoms. The molecule has 0 aliphatic rings. The predicted molar refractivity (Wildman–Crippen MR) is 121 cm³/mol. The number of aromatic nitrogens is 2. The number of nitrogens with one attached hydrogen (secondary N) is 1. The number of hydrogen-bond acceptors (Lipinski definition) is 4. The molecule has 4 rings (SSSR count). The van der Waals surface area contributed by atoms with E-state index >= 15 is 0 Å². The van der Waals surface area contributed by atoms with Gasteiger partial charge in [0, 0.05) is 12.1 Å². The number of carbonyl (C=O) groups is 1. The Labute approximate surface area is 181 Å². The molecule has 0 spiro atoms. The third-order valence-corrected chi connectivity index (χ3v) is 5.04. The summed E-state index contributed by atoms with van der Waals surface area (Å²) in [6.45, 7) is 2.47.